The van der Waals surface area contributed by atoms with E-state index < -0.39 is 6.09 Å². The number of rotatable bonds is 2. The zero-order valence-corrected chi connectivity index (χ0v) is 5.53. The summed E-state index contributed by atoms with van der Waals surface area (Å²) in [6.07, 6.45) is -1.02. The Labute approximate surface area is 53.7 Å². The van der Waals surface area contributed by atoms with Crippen LogP contribution in [0.15, 0.2) is 0 Å². The van der Waals surface area contributed by atoms with Gasteiger partial charge in [0.15, 0.2) is 0 Å². The lowest BCUT2D eigenvalue weighted by Crippen LogP contribution is -2.36. The Morgan fingerprint density at radius 2 is 2.22 bits per heavy atom. The molecule has 2 N–H and O–H groups in total. The molecule has 0 saturated heterocycles. The van der Waals surface area contributed by atoms with E-state index in [1.807, 2.05) is 0 Å². The molecular weight excluding hydrogens is 122 g/mol. The van der Waals surface area contributed by atoms with Crippen molar-refractivity contribution in [3.8, 4) is 0 Å². The molecule has 0 fully saturated rings. The summed E-state index contributed by atoms with van der Waals surface area (Å²) >= 11 is 0. The molecular formula is C5H11NO3. The minimum atomic E-state index is -1.02. The van der Waals surface area contributed by atoms with E-state index in [4.69, 9.17) is 10.2 Å². The van der Waals surface area contributed by atoms with Gasteiger partial charge in [-0.2, -0.15) is 0 Å². The zero-order valence-electron chi connectivity index (χ0n) is 5.53. The topological polar surface area (TPSA) is 60.8 Å². The van der Waals surface area contributed by atoms with Crippen molar-refractivity contribution in [1.82, 2.24) is 4.90 Å². The Morgan fingerprint density at radius 3 is 2.33 bits per heavy atom. The average molecular weight is 133 g/mol. The van der Waals surface area contributed by atoms with E-state index in [0.29, 0.717) is 0 Å². The maximum absolute atomic E-state index is 10.1. The maximum Gasteiger partial charge on any atom is 0.407 e. The molecule has 0 spiro atoms. The van der Waals surface area contributed by atoms with Gasteiger partial charge in [0.25, 0.3) is 0 Å². The van der Waals surface area contributed by atoms with Crippen molar-refractivity contribution >= 4 is 6.09 Å². The minimum Gasteiger partial charge on any atom is -0.465 e. The Bertz CT molecular complexity index is 104. The lowest BCUT2D eigenvalue weighted by Gasteiger charge is -2.18. The van der Waals surface area contributed by atoms with E-state index in [0.717, 1.165) is 4.90 Å². The van der Waals surface area contributed by atoms with Crippen molar-refractivity contribution < 1.29 is 15.0 Å². The average Bonchev–Trinajstić information content (AvgIpc) is 1.84. The van der Waals surface area contributed by atoms with Gasteiger partial charge >= 0.3 is 6.09 Å². The number of carbonyl (C=O) groups is 1. The van der Waals surface area contributed by atoms with Gasteiger partial charge in [-0.1, -0.05) is 0 Å². The number of aliphatic hydroxyl groups is 1. The van der Waals surface area contributed by atoms with Crippen LogP contribution in [0.5, 0.6) is 0 Å². The molecule has 0 aromatic rings. The molecule has 0 aromatic carbocycles. The summed E-state index contributed by atoms with van der Waals surface area (Å²) in [5, 5.41) is 16.7. The van der Waals surface area contributed by atoms with Crippen molar-refractivity contribution in [2.24, 2.45) is 0 Å². The molecule has 0 aliphatic heterocycles. The lowest BCUT2D eigenvalue weighted by molar-refractivity contribution is 0.119. The van der Waals surface area contributed by atoms with E-state index in [2.05, 4.69) is 0 Å². The Kier molecular flexibility index (Phi) is 3.01. The summed E-state index contributed by atoms with van der Waals surface area (Å²) in [7, 11) is 1.42. The molecule has 4 heteroatoms. The predicted octanol–water partition coefficient (Wildman–Crippen LogP) is -0.0230. The summed E-state index contributed by atoms with van der Waals surface area (Å²) in [5.74, 6) is 0. The summed E-state index contributed by atoms with van der Waals surface area (Å²) in [4.78, 5) is 11.2. The first-order valence-electron chi connectivity index (χ1n) is 2.66. The van der Waals surface area contributed by atoms with Crippen LogP contribution >= 0.6 is 0 Å². The van der Waals surface area contributed by atoms with Gasteiger partial charge in [0.05, 0.1) is 12.6 Å². The second-order valence-corrected chi connectivity index (χ2v) is 1.93. The van der Waals surface area contributed by atoms with Gasteiger partial charge < -0.3 is 15.1 Å². The third-order valence-corrected chi connectivity index (χ3v) is 1.23. The highest BCUT2D eigenvalue weighted by atomic mass is 16.4. The standard InChI is InChI=1S/C5H11NO3/c1-4(3-7)6(2)5(8)9/h4,7H,3H2,1-2H3,(H,8,9)/t4-/m1/s1. The van der Waals surface area contributed by atoms with Crippen molar-refractivity contribution in [1.29, 1.82) is 0 Å². The number of aliphatic hydroxyl groups excluding tert-OH is 1. The highest BCUT2D eigenvalue weighted by Crippen LogP contribution is 1.92. The molecule has 9 heavy (non-hydrogen) atoms. The molecule has 0 aliphatic carbocycles. The van der Waals surface area contributed by atoms with Gasteiger partial charge in [-0.3, -0.25) is 0 Å². The summed E-state index contributed by atoms with van der Waals surface area (Å²) < 4.78 is 0. The molecule has 0 unspecified atom stereocenters. The van der Waals surface area contributed by atoms with Crippen LogP contribution < -0.4 is 0 Å². The van der Waals surface area contributed by atoms with Gasteiger partial charge in [0.1, 0.15) is 0 Å². The molecule has 54 valence electrons. The van der Waals surface area contributed by atoms with Crippen LogP contribution in [-0.4, -0.2) is 40.9 Å². The van der Waals surface area contributed by atoms with Crippen LogP contribution in [0.3, 0.4) is 0 Å². The monoisotopic (exact) mass is 133 g/mol. The molecule has 0 heterocycles. The molecule has 0 radical (unpaired) electrons. The van der Waals surface area contributed by atoms with Crippen molar-refractivity contribution in [3.05, 3.63) is 0 Å². The molecule has 0 bridgehead atoms. The molecule has 0 rings (SSSR count). The SMILES string of the molecule is C[C@H](CO)N(C)C(=O)O. The summed E-state index contributed by atoms with van der Waals surface area (Å²) in [5.41, 5.74) is 0. The van der Waals surface area contributed by atoms with E-state index in [9.17, 15) is 4.79 Å². The van der Waals surface area contributed by atoms with Crippen molar-refractivity contribution in [3.63, 3.8) is 0 Å². The normalized spacial score (nSPS) is 12.8. The molecule has 0 saturated carbocycles. The van der Waals surface area contributed by atoms with Gasteiger partial charge in [0, 0.05) is 7.05 Å². The Morgan fingerprint density at radius 1 is 1.78 bits per heavy atom. The molecule has 0 aliphatic rings. The number of carboxylic acid groups (broad SMARTS) is 1. The first-order chi connectivity index (χ1) is 4.09. The lowest BCUT2D eigenvalue weighted by atomic mass is 10.3. The summed E-state index contributed by atoms with van der Waals surface area (Å²) in [6.45, 7) is 1.50. The second-order valence-electron chi connectivity index (χ2n) is 1.93. The van der Waals surface area contributed by atoms with E-state index in [-0.39, 0.29) is 12.6 Å². The quantitative estimate of drug-likeness (QED) is 0.556. The predicted molar refractivity (Wildman–Crippen MR) is 32.3 cm³/mol. The van der Waals surface area contributed by atoms with Crippen LogP contribution in [0.2, 0.25) is 0 Å². The number of amides is 1. The van der Waals surface area contributed by atoms with Crippen LogP contribution in [0.25, 0.3) is 0 Å². The highest BCUT2D eigenvalue weighted by molar-refractivity contribution is 5.64. The van der Waals surface area contributed by atoms with E-state index in [1.165, 1.54) is 7.05 Å². The molecule has 1 atom stereocenters. The number of likely N-dealkylation sites (N-methyl/N-ethyl adjacent to an activating group) is 1. The third kappa shape index (κ3) is 2.32. The van der Waals surface area contributed by atoms with Gasteiger partial charge in [-0.15, -0.1) is 0 Å². The largest absolute Gasteiger partial charge is 0.465 e. The maximum atomic E-state index is 10.1. The van der Waals surface area contributed by atoms with Gasteiger partial charge in [-0.05, 0) is 6.92 Å². The number of hydrogen-bond acceptors (Lipinski definition) is 2. The van der Waals surface area contributed by atoms with Crippen molar-refractivity contribution in [2.45, 2.75) is 13.0 Å². The highest BCUT2D eigenvalue weighted by Gasteiger charge is 2.11. The fourth-order valence-electron chi connectivity index (χ4n) is 0.311. The van der Waals surface area contributed by atoms with Crippen LogP contribution in [0, 0.1) is 0 Å². The zero-order chi connectivity index (χ0) is 7.44. The first-order valence-corrected chi connectivity index (χ1v) is 2.66. The van der Waals surface area contributed by atoms with E-state index >= 15 is 0 Å². The van der Waals surface area contributed by atoms with Gasteiger partial charge in [0.2, 0.25) is 0 Å². The molecule has 1 amide bonds. The number of hydrogen-bond donors (Lipinski definition) is 2. The third-order valence-electron chi connectivity index (χ3n) is 1.23. The Balaban J connectivity index is 3.72. The van der Waals surface area contributed by atoms with Crippen LogP contribution in [0.1, 0.15) is 6.92 Å². The van der Waals surface area contributed by atoms with E-state index in [1.54, 1.807) is 6.92 Å². The Hall–Kier alpha value is -0.770. The van der Waals surface area contributed by atoms with Crippen LogP contribution in [-0.2, 0) is 0 Å². The minimum absolute atomic E-state index is 0.136. The fourth-order valence-corrected chi connectivity index (χ4v) is 0.311. The summed E-state index contributed by atoms with van der Waals surface area (Å²) in [6, 6.07) is -0.317. The van der Waals surface area contributed by atoms with Gasteiger partial charge in [-0.25, -0.2) is 4.79 Å². The molecule has 4 nitrogen and oxygen atoms in total. The first kappa shape index (κ1) is 8.23. The fraction of sp³-hybridized carbons (Fsp3) is 0.800. The van der Waals surface area contributed by atoms with Crippen LogP contribution in [0.4, 0.5) is 4.79 Å². The van der Waals surface area contributed by atoms with Crippen molar-refractivity contribution in [2.75, 3.05) is 13.7 Å². The molecule has 0 aromatic heterocycles. The smallest absolute Gasteiger partial charge is 0.407 e. The number of nitrogens with zero attached hydrogens (tertiary/aromatic N) is 1. The second kappa shape index (κ2) is 3.29.